The molecule has 0 saturated carbocycles. The molecule has 2 aromatic heterocycles. The molecule has 0 saturated heterocycles. The predicted molar refractivity (Wildman–Crippen MR) is 87.6 cm³/mol. The van der Waals surface area contributed by atoms with Crippen molar-refractivity contribution in [3.05, 3.63) is 26.9 Å². The minimum atomic E-state index is -0.511. The number of hydrogen-bond acceptors (Lipinski definition) is 4. The smallest absolute Gasteiger partial charge is 0.262 e. The highest BCUT2D eigenvalue weighted by Gasteiger charge is 2.16. The van der Waals surface area contributed by atoms with E-state index in [2.05, 4.69) is 56.0 Å². The number of nitrogens with zero attached hydrogens (tertiary/aromatic N) is 2. The Labute approximate surface area is 139 Å². The number of carbonyl (C=O) groups excluding carboxylic acids is 1. The standard InChI is InChI=1S/C13H16Br2N4O2/c1-7(2)3-10-12(16-5-11(20)18-21)17-13-9(15)4-8(14)6-19(10)13/h4,6-7,16,21H,3,5H2,1-2H3,(H,18,20). The lowest BCUT2D eigenvalue weighted by Gasteiger charge is -2.09. The van der Waals surface area contributed by atoms with Gasteiger partial charge in [-0.15, -0.1) is 0 Å². The molecular formula is C13H16Br2N4O2. The van der Waals surface area contributed by atoms with Crippen LogP contribution in [0.2, 0.25) is 0 Å². The van der Waals surface area contributed by atoms with E-state index < -0.39 is 5.91 Å². The van der Waals surface area contributed by atoms with Crippen LogP contribution in [-0.2, 0) is 11.2 Å². The van der Waals surface area contributed by atoms with E-state index >= 15 is 0 Å². The van der Waals surface area contributed by atoms with E-state index in [9.17, 15) is 4.79 Å². The number of nitrogens with one attached hydrogen (secondary N) is 2. The highest BCUT2D eigenvalue weighted by Crippen LogP contribution is 2.28. The number of pyridine rings is 1. The Bertz CT molecular complexity index is 670. The van der Waals surface area contributed by atoms with Crippen LogP contribution in [0.25, 0.3) is 5.65 Å². The molecule has 6 nitrogen and oxygen atoms in total. The summed E-state index contributed by atoms with van der Waals surface area (Å²) < 4.78 is 3.79. The van der Waals surface area contributed by atoms with Gasteiger partial charge >= 0.3 is 0 Å². The van der Waals surface area contributed by atoms with E-state index in [-0.39, 0.29) is 6.54 Å². The molecule has 0 atom stereocenters. The normalized spacial score (nSPS) is 11.1. The average molecular weight is 420 g/mol. The first-order valence-corrected chi connectivity index (χ1v) is 8.03. The first-order valence-electron chi connectivity index (χ1n) is 6.45. The minimum Gasteiger partial charge on any atom is -0.359 e. The lowest BCUT2D eigenvalue weighted by molar-refractivity contribution is -0.127. The monoisotopic (exact) mass is 418 g/mol. The van der Waals surface area contributed by atoms with E-state index in [1.165, 1.54) is 0 Å². The quantitative estimate of drug-likeness (QED) is 0.514. The summed E-state index contributed by atoms with van der Waals surface area (Å²) in [4.78, 5) is 15.7. The van der Waals surface area contributed by atoms with Crippen LogP contribution in [0, 0.1) is 5.92 Å². The van der Waals surface area contributed by atoms with Crippen molar-refractivity contribution < 1.29 is 10.0 Å². The Hall–Kier alpha value is -1.12. The zero-order valence-corrected chi connectivity index (χ0v) is 14.8. The summed E-state index contributed by atoms with van der Waals surface area (Å²) in [5, 5.41) is 11.5. The van der Waals surface area contributed by atoms with Crippen LogP contribution >= 0.6 is 31.9 Å². The number of carbonyl (C=O) groups is 1. The first-order chi connectivity index (χ1) is 9.92. The summed E-state index contributed by atoms with van der Waals surface area (Å²) in [6, 6.07) is 1.92. The second-order valence-electron chi connectivity index (χ2n) is 5.09. The van der Waals surface area contributed by atoms with E-state index in [4.69, 9.17) is 5.21 Å². The van der Waals surface area contributed by atoms with Crippen molar-refractivity contribution >= 4 is 49.2 Å². The van der Waals surface area contributed by atoms with Gasteiger partial charge in [0, 0.05) is 10.7 Å². The molecule has 0 spiro atoms. The van der Waals surface area contributed by atoms with Gasteiger partial charge in [-0.25, -0.2) is 10.5 Å². The van der Waals surface area contributed by atoms with Crippen LogP contribution in [0.4, 0.5) is 5.82 Å². The third kappa shape index (κ3) is 3.75. The molecule has 0 aliphatic rings. The molecule has 0 fully saturated rings. The molecule has 0 unspecified atom stereocenters. The molecular weight excluding hydrogens is 404 g/mol. The lowest BCUT2D eigenvalue weighted by atomic mass is 10.1. The molecule has 2 rings (SSSR count). The maximum absolute atomic E-state index is 11.2. The fourth-order valence-corrected chi connectivity index (χ4v) is 3.31. The van der Waals surface area contributed by atoms with Crippen LogP contribution < -0.4 is 10.8 Å². The van der Waals surface area contributed by atoms with Crippen LogP contribution in [0.1, 0.15) is 19.5 Å². The molecule has 21 heavy (non-hydrogen) atoms. The Morgan fingerprint density at radius 1 is 1.48 bits per heavy atom. The molecule has 1 amide bonds. The zero-order chi connectivity index (χ0) is 15.6. The molecule has 2 aromatic rings. The number of aromatic nitrogens is 2. The van der Waals surface area contributed by atoms with E-state index in [1.807, 2.05) is 16.7 Å². The lowest BCUT2D eigenvalue weighted by Crippen LogP contribution is -2.27. The number of imidazole rings is 1. The molecule has 0 radical (unpaired) electrons. The third-order valence-electron chi connectivity index (χ3n) is 2.88. The van der Waals surface area contributed by atoms with Crippen LogP contribution in [0.3, 0.4) is 0 Å². The highest BCUT2D eigenvalue weighted by molar-refractivity contribution is 9.11. The van der Waals surface area contributed by atoms with Gasteiger partial charge in [0.25, 0.3) is 5.91 Å². The Kier molecular flexibility index (Phi) is 5.23. The number of hydroxylamine groups is 1. The van der Waals surface area contributed by atoms with Gasteiger partial charge in [0.15, 0.2) is 5.65 Å². The number of fused-ring (bicyclic) bond motifs is 1. The predicted octanol–water partition coefficient (Wildman–Crippen LogP) is 2.98. The number of hydrogen-bond donors (Lipinski definition) is 3. The number of anilines is 1. The van der Waals surface area contributed by atoms with Crippen LogP contribution in [0.5, 0.6) is 0 Å². The van der Waals surface area contributed by atoms with Crippen molar-refractivity contribution in [3.63, 3.8) is 0 Å². The van der Waals surface area contributed by atoms with Gasteiger partial charge in [0.2, 0.25) is 0 Å². The van der Waals surface area contributed by atoms with E-state index in [0.29, 0.717) is 11.7 Å². The molecule has 0 aliphatic heterocycles. The summed E-state index contributed by atoms with van der Waals surface area (Å²) in [6.45, 7) is 4.21. The SMILES string of the molecule is CC(C)Cc1c(NCC(=O)NO)nc2c(Br)cc(Br)cn12. The second-order valence-corrected chi connectivity index (χ2v) is 6.86. The van der Waals surface area contributed by atoms with Gasteiger partial charge in [0.05, 0.1) is 16.7 Å². The van der Waals surface area contributed by atoms with Gasteiger partial charge in [-0.05, 0) is 50.3 Å². The van der Waals surface area contributed by atoms with Crippen molar-refractivity contribution in [3.8, 4) is 0 Å². The van der Waals surface area contributed by atoms with E-state index in [0.717, 1.165) is 26.7 Å². The summed E-state index contributed by atoms with van der Waals surface area (Å²) in [6.07, 6.45) is 2.76. The fourth-order valence-electron chi connectivity index (χ4n) is 2.05. The fraction of sp³-hybridized carbons (Fsp3) is 0.385. The summed E-state index contributed by atoms with van der Waals surface area (Å²) in [5.41, 5.74) is 3.37. The zero-order valence-electron chi connectivity index (χ0n) is 11.7. The Morgan fingerprint density at radius 3 is 2.81 bits per heavy atom. The van der Waals surface area contributed by atoms with Gasteiger partial charge in [-0.2, -0.15) is 0 Å². The molecule has 0 aromatic carbocycles. The third-order valence-corrected chi connectivity index (χ3v) is 3.90. The highest BCUT2D eigenvalue weighted by atomic mass is 79.9. The van der Waals surface area contributed by atoms with Crippen molar-refractivity contribution in [2.45, 2.75) is 20.3 Å². The van der Waals surface area contributed by atoms with Gasteiger partial charge < -0.3 is 5.32 Å². The summed E-state index contributed by atoms with van der Waals surface area (Å²) in [5.74, 6) is 0.573. The molecule has 0 bridgehead atoms. The van der Waals surface area contributed by atoms with Crippen molar-refractivity contribution in [2.75, 3.05) is 11.9 Å². The molecule has 2 heterocycles. The number of rotatable bonds is 5. The first kappa shape index (κ1) is 16.3. The second kappa shape index (κ2) is 6.76. The van der Waals surface area contributed by atoms with Crippen LogP contribution in [0.15, 0.2) is 21.2 Å². The van der Waals surface area contributed by atoms with E-state index in [1.54, 1.807) is 5.48 Å². The maximum atomic E-state index is 11.2. The van der Waals surface area contributed by atoms with Crippen LogP contribution in [-0.4, -0.2) is 27.0 Å². The summed E-state index contributed by atoms with van der Waals surface area (Å²) in [7, 11) is 0. The van der Waals surface area contributed by atoms with Gasteiger partial charge in [-0.1, -0.05) is 13.8 Å². The van der Waals surface area contributed by atoms with Crippen molar-refractivity contribution in [1.29, 1.82) is 0 Å². The van der Waals surface area contributed by atoms with Gasteiger partial charge in [0.1, 0.15) is 5.82 Å². The largest absolute Gasteiger partial charge is 0.359 e. The topological polar surface area (TPSA) is 78.7 Å². The van der Waals surface area contributed by atoms with Gasteiger partial charge in [-0.3, -0.25) is 14.4 Å². The number of halogens is 2. The Morgan fingerprint density at radius 2 is 2.19 bits per heavy atom. The summed E-state index contributed by atoms with van der Waals surface area (Å²) >= 11 is 6.96. The number of amides is 1. The molecule has 0 aliphatic carbocycles. The molecule has 8 heteroatoms. The molecule has 3 N–H and O–H groups in total. The average Bonchev–Trinajstić information content (AvgIpc) is 2.74. The van der Waals surface area contributed by atoms with Crippen molar-refractivity contribution in [2.24, 2.45) is 5.92 Å². The molecule has 114 valence electrons. The Balaban J connectivity index is 2.47. The maximum Gasteiger partial charge on any atom is 0.262 e. The van der Waals surface area contributed by atoms with Crippen molar-refractivity contribution in [1.82, 2.24) is 14.9 Å². The minimum absolute atomic E-state index is 0.0374.